The molecule has 23 heavy (non-hydrogen) atoms. The predicted octanol–water partition coefficient (Wildman–Crippen LogP) is 3.39. The van der Waals surface area contributed by atoms with Gasteiger partial charge in [0, 0.05) is 26.3 Å². The number of hydrogen-bond donors (Lipinski definition) is 0. The third-order valence-corrected chi connectivity index (χ3v) is 3.64. The van der Waals surface area contributed by atoms with E-state index < -0.39 is 4.92 Å². The minimum absolute atomic E-state index is 0.0718. The largest absolute Gasteiger partial charge is 0.354 e. The Hall–Kier alpha value is -2.70. The number of unbranched alkanes of at least 4 members (excludes halogenated alkanes) is 1. The summed E-state index contributed by atoms with van der Waals surface area (Å²) in [7, 11) is 3.58. The highest BCUT2D eigenvalue weighted by molar-refractivity contribution is 5.75. The summed E-state index contributed by atoms with van der Waals surface area (Å²) in [5.41, 5.74) is 0.758. The molecule has 2 rings (SSSR count). The molecule has 0 aliphatic rings. The van der Waals surface area contributed by atoms with E-state index >= 15 is 0 Å². The number of hydrogen-bond acceptors (Lipinski definition) is 6. The van der Waals surface area contributed by atoms with Crippen LogP contribution in [0.15, 0.2) is 36.7 Å². The number of benzene rings is 1. The molecule has 1 heterocycles. The normalized spacial score (nSPS) is 10.4. The molecule has 0 fully saturated rings. The number of rotatable bonds is 7. The van der Waals surface area contributed by atoms with Crippen LogP contribution >= 0.6 is 0 Å². The summed E-state index contributed by atoms with van der Waals surface area (Å²) < 4.78 is 0. The molecule has 7 nitrogen and oxygen atoms in total. The maximum Gasteiger partial charge on any atom is 0.353 e. The van der Waals surface area contributed by atoms with Crippen molar-refractivity contribution in [2.75, 3.05) is 30.4 Å². The fourth-order valence-corrected chi connectivity index (χ4v) is 2.32. The summed E-state index contributed by atoms with van der Waals surface area (Å²) in [5.74, 6) is 0.630. The van der Waals surface area contributed by atoms with Gasteiger partial charge in [-0.1, -0.05) is 31.5 Å². The van der Waals surface area contributed by atoms with Gasteiger partial charge in [-0.05, 0) is 18.6 Å². The van der Waals surface area contributed by atoms with E-state index in [1.807, 2.05) is 42.3 Å². The van der Waals surface area contributed by atoms with Gasteiger partial charge in [0.15, 0.2) is 0 Å². The van der Waals surface area contributed by atoms with E-state index in [0.29, 0.717) is 12.4 Å². The van der Waals surface area contributed by atoms with Gasteiger partial charge >= 0.3 is 5.69 Å². The summed E-state index contributed by atoms with van der Waals surface area (Å²) in [6.45, 7) is 2.79. The van der Waals surface area contributed by atoms with Gasteiger partial charge in [0.1, 0.15) is 6.33 Å². The van der Waals surface area contributed by atoms with Crippen molar-refractivity contribution >= 4 is 23.0 Å². The van der Waals surface area contributed by atoms with E-state index in [4.69, 9.17) is 0 Å². The topological polar surface area (TPSA) is 75.4 Å². The first-order chi connectivity index (χ1) is 11.1. The van der Waals surface area contributed by atoms with E-state index in [-0.39, 0.29) is 11.5 Å². The lowest BCUT2D eigenvalue weighted by Crippen LogP contribution is -2.23. The van der Waals surface area contributed by atoms with Crippen LogP contribution in [-0.4, -0.2) is 35.5 Å². The molecule has 0 bridgehead atoms. The highest BCUT2D eigenvalue weighted by atomic mass is 16.6. The fourth-order valence-electron chi connectivity index (χ4n) is 2.32. The molecule has 122 valence electrons. The SMILES string of the molecule is CCCCN(C)c1ncnc(N(C)c2ccccc2)c1[N+](=O)[O-]. The molecule has 2 aromatic rings. The molecule has 0 radical (unpaired) electrons. The Balaban J connectivity index is 2.46. The Morgan fingerprint density at radius 3 is 2.39 bits per heavy atom. The lowest BCUT2D eigenvalue weighted by atomic mass is 10.2. The van der Waals surface area contributed by atoms with Crippen molar-refractivity contribution < 1.29 is 4.92 Å². The zero-order chi connectivity index (χ0) is 16.8. The highest BCUT2D eigenvalue weighted by Gasteiger charge is 2.28. The second kappa shape index (κ2) is 7.53. The molecule has 0 saturated heterocycles. The van der Waals surface area contributed by atoms with Gasteiger partial charge in [0.25, 0.3) is 0 Å². The first-order valence-electron chi connectivity index (χ1n) is 7.55. The highest BCUT2D eigenvalue weighted by Crippen LogP contribution is 2.36. The molecule has 0 aliphatic heterocycles. The zero-order valence-corrected chi connectivity index (χ0v) is 13.6. The fraction of sp³-hybridized carbons (Fsp3) is 0.375. The van der Waals surface area contributed by atoms with Crippen molar-refractivity contribution in [1.82, 2.24) is 9.97 Å². The first kappa shape index (κ1) is 16.7. The van der Waals surface area contributed by atoms with E-state index in [2.05, 4.69) is 16.9 Å². The zero-order valence-electron chi connectivity index (χ0n) is 13.6. The average molecular weight is 315 g/mol. The van der Waals surface area contributed by atoms with E-state index in [9.17, 15) is 10.1 Å². The van der Waals surface area contributed by atoms with Gasteiger partial charge in [-0.2, -0.15) is 0 Å². The van der Waals surface area contributed by atoms with Gasteiger partial charge in [-0.25, -0.2) is 9.97 Å². The maximum atomic E-state index is 11.6. The first-order valence-corrected chi connectivity index (χ1v) is 7.55. The van der Waals surface area contributed by atoms with Gasteiger partial charge in [-0.15, -0.1) is 0 Å². The molecule has 0 spiro atoms. The van der Waals surface area contributed by atoms with Crippen molar-refractivity contribution in [3.8, 4) is 0 Å². The molecule has 1 aromatic carbocycles. The monoisotopic (exact) mass is 315 g/mol. The van der Waals surface area contributed by atoms with Crippen molar-refractivity contribution in [1.29, 1.82) is 0 Å². The molecule has 0 aliphatic carbocycles. The summed E-state index contributed by atoms with van der Waals surface area (Å²) >= 11 is 0. The Bertz CT molecular complexity index is 663. The molecular formula is C16H21N5O2. The maximum absolute atomic E-state index is 11.6. The van der Waals surface area contributed by atoms with Crippen LogP contribution in [0, 0.1) is 10.1 Å². The van der Waals surface area contributed by atoms with Crippen LogP contribution in [0.5, 0.6) is 0 Å². The van der Waals surface area contributed by atoms with E-state index in [1.165, 1.54) is 6.33 Å². The Labute approximate surface area is 135 Å². The van der Waals surface area contributed by atoms with Crippen molar-refractivity contribution in [2.24, 2.45) is 0 Å². The summed E-state index contributed by atoms with van der Waals surface area (Å²) in [5, 5.41) is 11.6. The second-order valence-electron chi connectivity index (χ2n) is 5.30. The molecule has 0 N–H and O–H groups in total. The van der Waals surface area contributed by atoms with E-state index in [0.717, 1.165) is 18.5 Å². The summed E-state index contributed by atoms with van der Waals surface area (Å²) in [6.07, 6.45) is 3.33. The van der Waals surface area contributed by atoms with Crippen LogP contribution in [0.4, 0.5) is 23.0 Å². The molecule has 0 saturated carbocycles. The number of para-hydroxylation sites is 1. The standard InChI is InChI=1S/C16H21N5O2/c1-4-5-11-19(2)15-14(21(22)23)16(18-12-17-15)20(3)13-9-7-6-8-10-13/h6-10,12H,4-5,11H2,1-3H3. The second-order valence-corrected chi connectivity index (χ2v) is 5.30. The van der Waals surface area contributed by atoms with Crippen molar-refractivity contribution in [3.63, 3.8) is 0 Å². The molecule has 0 atom stereocenters. The molecule has 0 amide bonds. The van der Waals surface area contributed by atoms with Gasteiger partial charge in [0.2, 0.25) is 11.6 Å². The van der Waals surface area contributed by atoms with Crippen molar-refractivity contribution in [3.05, 3.63) is 46.8 Å². The number of aromatic nitrogens is 2. The quantitative estimate of drug-likeness (QED) is 0.576. The summed E-state index contributed by atoms with van der Waals surface area (Å²) in [4.78, 5) is 23.0. The van der Waals surface area contributed by atoms with Crippen molar-refractivity contribution in [2.45, 2.75) is 19.8 Å². The van der Waals surface area contributed by atoms with Gasteiger partial charge in [-0.3, -0.25) is 10.1 Å². The smallest absolute Gasteiger partial charge is 0.353 e. The number of nitrogens with zero attached hydrogens (tertiary/aromatic N) is 5. The lowest BCUT2D eigenvalue weighted by Gasteiger charge is -2.22. The van der Waals surface area contributed by atoms with Crippen LogP contribution in [-0.2, 0) is 0 Å². The third-order valence-electron chi connectivity index (χ3n) is 3.64. The molecule has 0 unspecified atom stereocenters. The Morgan fingerprint density at radius 2 is 1.78 bits per heavy atom. The van der Waals surface area contributed by atoms with Crippen LogP contribution < -0.4 is 9.80 Å². The number of nitro groups is 1. The van der Waals surface area contributed by atoms with Crippen LogP contribution in [0.25, 0.3) is 0 Å². The Morgan fingerprint density at radius 1 is 1.13 bits per heavy atom. The summed E-state index contributed by atoms with van der Waals surface area (Å²) in [6, 6.07) is 9.43. The Kier molecular flexibility index (Phi) is 5.46. The average Bonchev–Trinajstić information content (AvgIpc) is 2.58. The van der Waals surface area contributed by atoms with Gasteiger partial charge in [0.05, 0.1) is 4.92 Å². The lowest BCUT2D eigenvalue weighted by molar-refractivity contribution is -0.383. The van der Waals surface area contributed by atoms with Crippen LogP contribution in [0.2, 0.25) is 0 Å². The minimum atomic E-state index is -0.410. The molecule has 7 heteroatoms. The van der Waals surface area contributed by atoms with Crippen LogP contribution in [0.1, 0.15) is 19.8 Å². The predicted molar refractivity (Wildman–Crippen MR) is 91.4 cm³/mol. The number of anilines is 3. The van der Waals surface area contributed by atoms with Gasteiger partial charge < -0.3 is 9.80 Å². The minimum Gasteiger partial charge on any atom is -0.354 e. The molecule has 1 aromatic heterocycles. The third kappa shape index (κ3) is 3.74. The van der Waals surface area contributed by atoms with Crippen LogP contribution in [0.3, 0.4) is 0 Å². The molecular weight excluding hydrogens is 294 g/mol. The van der Waals surface area contributed by atoms with E-state index in [1.54, 1.807) is 11.9 Å².